The Labute approximate surface area is 236 Å². The third-order valence-electron chi connectivity index (χ3n) is 8.00. The van der Waals surface area contributed by atoms with Crippen molar-refractivity contribution < 1.29 is 46.6 Å². The molecule has 3 saturated heterocycles. The van der Waals surface area contributed by atoms with Gasteiger partial charge < -0.3 is 36.6 Å². The predicted octanol–water partition coefficient (Wildman–Crippen LogP) is -0.696. The maximum atomic E-state index is 13.5. The second-order valence-corrected chi connectivity index (χ2v) is 12.1. The zero-order valence-corrected chi connectivity index (χ0v) is 23.1. The number of rotatable bonds is 10. The summed E-state index contributed by atoms with van der Waals surface area (Å²) < 4.78 is 52.4. The number of thioether (sulfide) groups is 1. The van der Waals surface area contributed by atoms with Gasteiger partial charge in [-0.2, -0.15) is 17.6 Å². The number of nitrogens with zero attached hydrogens (tertiary/aromatic N) is 2. The van der Waals surface area contributed by atoms with E-state index in [0.29, 0.717) is 24.3 Å². The van der Waals surface area contributed by atoms with Crippen LogP contribution in [-0.2, 0) is 24.0 Å². The van der Waals surface area contributed by atoms with Crippen LogP contribution in [0.5, 0.6) is 0 Å². The number of hydrogen-bond donors (Lipinski definition) is 5. The van der Waals surface area contributed by atoms with Crippen molar-refractivity contribution in [3.05, 3.63) is 10.6 Å². The zero-order chi connectivity index (χ0) is 30.4. The van der Waals surface area contributed by atoms with Crippen molar-refractivity contribution in [2.45, 2.75) is 68.5 Å². The highest BCUT2D eigenvalue weighted by molar-refractivity contribution is 8.03. The van der Waals surface area contributed by atoms with Crippen LogP contribution >= 0.6 is 11.8 Å². The Kier molecular flexibility index (Phi) is 8.90. The average molecular weight is 609 g/mol. The number of likely N-dealkylation sites (tertiary alicyclic amines) is 1. The molecule has 6 N–H and O–H groups in total. The van der Waals surface area contributed by atoms with E-state index in [1.807, 2.05) is 0 Å². The minimum atomic E-state index is -3.70. The van der Waals surface area contributed by atoms with Gasteiger partial charge in [0.1, 0.15) is 5.70 Å². The summed E-state index contributed by atoms with van der Waals surface area (Å²) in [5.41, 5.74) is 4.75. The maximum absolute atomic E-state index is 13.5. The van der Waals surface area contributed by atoms with Crippen LogP contribution in [-0.4, -0.2) is 112 Å². The molecule has 17 heteroatoms. The molecule has 41 heavy (non-hydrogen) atoms. The standard InChI is InChI=1S/C24H32F4N6O6S/c1-9-15-14(10(2)31-19(35)18(25)26)21(37)34(15)16(22(38)39)17(9)41-12-5-13(30-6-12)20(36)33-4-3-11(7-33)32-23(40)24(27,28)8-29/h9-15,18,30H,3-8,29H2,1-2H3,(H,31,35)(H,32,40)(H,38,39)/t9-,10?,11+,12+,13+,14-,15-/m1/s1. The Hall–Kier alpha value is -2.92. The fourth-order valence-electron chi connectivity index (χ4n) is 5.92. The van der Waals surface area contributed by atoms with Gasteiger partial charge in [-0.15, -0.1) is 11.8 Å². The van der Waals surface area contributed by atoms with E-state index in [9.17, 15) is 46.6 Å². The van der Waals surface area contributed by atoms with E-state index in [1.165, 1.54) is 23.6 Å². The largest absolute Gasteiger partial charge is 0.477 e. The Morgan fingerprint density at radius 2 is 1.95 bits per heavy atom. The van der Waals surface area contributed by atoms with Gasteiger partial charge in [-0.3, -0.25) is 19.2 Å². The first-order valence-electron chi connectivity index (χ1n) is 13.1. The number of hydrogen-bond acceptors (Lipinski definition) is 8. The highest BCUT2D eigenvalue weighted by atomic mass is 32.2. The van der Waals surface area contributed by atoms with Gasteiger partial charge in [0.05, 0.1) is 24.5 Å². The predicted molar refractivity (Wildman–Crippen MR) is 136 cm³/mol. The summed E-state index contributed by atoms with van der Waals surface area (Å²) in [6, 6.07) is -2.81. The highest BCUT2D eigenvalue weighted by Crippen LogP contribution is 2.51. The van der Waals surface area contributed by atoms with E-state index in [0.717, 1.165) is 4.90 Å². The number of aliphatic carboxylic acids is 1. The third kappa shape index (κ3) is 5.88. The number of alkyl halides is 4. The van der Waals surface area contributed by atoms with Gasteiger partial charge in [-0.05, 0) is 19.8 Å². The van der Waals surface area contributed by atoms with Crippen LogP contribution in [0.4, 0.5) is 17.6 Å². The van der Waals surface area contributed by atoms with Crippen LogP contribution in [0, 0.1) is 11.8 Å². The molecule has 4 rings (SSSR count). The summed E-state index contributed by atoms with van der Waals surface area (Å²) in [5, 5.41) is 17.1. The second-order valence-electron chi connectivity index (χ2n) is 10.7. The first-order chi connectivity index (χ1) is 19.2. The fraction of sp³-hybridized carbons (Fsp3) is 0.708. The van der Waals surface area contributed by atoms with Crippen molar-refractivity contribution in [3.8, 4) is 0 Å². The molecule has 0 spiro atoms. The van der Waals surface area contributed by atoms with Crippen LogP contribution in [0.3, 0.4) is 0 Å². The van der Waals surface area contributed by atoms with Gasteiger partial charge >= 0.3 is 18.3 Å². The molecule has 0 aromatic rings. The summed E-state index contributed by atoms with van der Waals surface area (Å²) >= 11 is 1.23. The van der Waals surface area contributed by atoms with E-state index < -0.39 is 78.6 Å². The molecular weight excluding hydrogens is 576 g/mol. The number of halogens is 4. The number of carboxylic acids is 1. The topological polar surface area (TPSA) is 174 Å². The molecule has 0 bridgehead atoms. The van der Waals surface area contributed by atoms with E-state index >= 15 is 0 Å². The number of carboxylic acid groups (broad SMARTS) is 1. The first-order valence-corrected chi connectivity index (χ1v) is 14.0. The first kappa shape index (κ1) is 31.0. The molecule has 228 valence electrons. The van der Waals surface area contributed by atoms with Gasteiger partial charge in [0.2, 0.25) is 11.8 Å². The van der Waals surface area contributed by atoms with Gasteiger partial charge in [0.25, 0.3) is 11.8 Å². The summed E-state index contributed by atoms with van der Waals surface area (Å²) in [7, 11) is 0. The normalized spacial score (nSPS) is 30.4. The molecule has 7 atom stereocenters. The van der Waals surface area contributed by atoms with Crippen molar-refractivity contribution in [1.29, 1.82) is 0 Å². The van der Waals surface area contributed by atoms with E-state index in [2.05, 4.69) is 16.0 Å². The van der Waals surface area contributed by atoms with Gasteiger partial charge in [0.15, 0.2) is 0 Å². The lowest BCUT2D eigenvalue weighted by Crippen LogP contribution is -2.66. The number of fused-ring (bicyclic) bond motifs is 1. The molecule has 4 aliphatic rings. The lowest BCUT2D eigenvalue weighted by Gasteiger charge is -2.47. The summed E-state index contributed by atoms with van der Waals surface area (Å²) in [4.78, 5) is 64.3. The van der Waals surface area contributed by atoms with Crippen LogP contribution < -0.4 is 21.7 Å². The lowest BCUT2D eigenvalue weighted by molar-refractivity contribution is -0.159. The van der Waals surface area contributed by atoms with Gasteiger partial charge in [0, 0.05) is 47.8 Å². The fourth-order valence-corrected chi connectivity index (χ4v) is 7.40. The number of amides is 4. The molecule has 1 unspecified atom stereocenters. The summed E-state index contributed by atoms with van der Waals surface area (Å²) in [6.07, 6.45) is -2.62. The number of β-lactam (4-membered cyclic amide) rings is 1. The second kappa shape index (κ2) is 11.8. The SMILES string of the molecule is CC(NC(=O)C(F)F)[C@H]1C(=O)N2C(C(=O)O)=C(S[C@@H]3CN[C@H](C(=O)N4CC[C@H](NC(=O)C(F)(F)CN)C4)C3)[C@H](C)[C@H]12. The van der Waals surface area contributed by atoms with Crippen LogP contribution in [0.2, 0.25) is 0 Å². The van der Waals surface area contributed by atoms with Crippen molar-refractivity contribution in [1.82, 2.24) is 25.8 Å². The van der Waals surface area contributed by atoms with E-state index in [-0.39, 0.29) is 29.9 Å². The van der Waals surface area contributed by atoms with Crippen molar-refractivity contribution >= 4 is 41.4 Å². The van der Waals surface area contributed by atoms with Crippen LogP contribution in [0.15, 0.2) is 10.6 Å². The monoisotopic (exact) mass is 608 g/mol. The Balaban J connectivity index is 1.36. The Morgan fingerprint density at radius 3 is 2.56 bits per heavy atom. The van der Waals surface area contributed by atoms with E-state index in [1.54, 1.807) is 6.92 Å². The molecular formula is C24H32F4N6O6S. The minimum absolute atomic E-state index is 0.0625. The zero-order valence-electron chi connectivity index (χ0n) is 22.2. The Morgan fingerprint density at radius 1 is 1.27 bits per heavy atom. The van der Waals surface area contributed by atoms with Crippen LogP contribution in [0.25, 0.3) is 0 Å². The van der Waals surface area contributed by atoms with Crippen molar-refractivity contribution in [3.63, 3.8) is 0 Å². The molecule has 3 fully saturated rings. The average Bonchev–Trinajstić information content (AvgIpc) is 3.62. The molecule has 0 saturated carbocycles. The molecule has 4 aliphatic heterocycles. The smallest absolute Gasteiger partial charge is 0.353 e. The highest BCUT2D eigenvalue weighted by Gasteiger charge is 2.60. The maximum Gasteiger partial charge on any atom is 0.353 e. The van der Waals surface area contributed by atoms with Gasteiger partial charge in [-0.1, -0.05) is 6.92 Å². The molecule has 4 amide bonds. The lowest BCUT2D eigenvalue weighted by atomic mass is 9.78. The molecule has 0 aromatic carbocycles. The molecule has 0 radical (unpaired) electrons. The third-order valence-corrected chi connectivity index (χ3v) is 9.52. The van der Waals surface area contributed by atoms with Crippen LogP contribution in [0.1, 0.15) is 26.7 Å². The number of nitrogens with one attached hydrogen (secondary N) is 3. The quantitative estimate of drug-likeness (QED) is 0.159. The van der Waals surface area contributed by atoms with Crippen molar-refractivity contribution in [2.75, 3.05) is 26.2 Å². The van der Waals surface area contributed by atoms with Crippen molar-refractivity contribution in [2.24, 2.45) is 17.6 Å². The summed E-state index contributed by atoms with van der Waals surface area (Å²) in [5.74, 6) is -10.2. The minimum Gasteiger partial charge on any atom is -0.477 e. The number of nitrogens with two attached hydrogens (primary N) is 1. The molecule has 0 aliphatic carbocycles. The summed E-state index contributed by atoms with van der Waals surface area (Å²) in [6.45, 7) is 2.71. The van der Waals surface area contributed by atoms with Gasteiger partial charge in [-0.25, -0.2) is 4.79 Å². The molecule has 4 heterocycles. The molecule has 0 aromatic heterocycles. The number of carbonyl (C=O) groups excluding carboxylic acids is 4. The Bertz CT molecular complexity index is 1160. The van der Waals surface area contributed by atoms with E-state index in [4.69, 9.17) is 5.73 Å². The number of carbonyl (C=O) groups is 5. The molecule has 12 nitrogen and oxygen atoms in total.